The molecule has 0 bridgehead atoms. The molecule has 0 aliphatic heterocycles. The zero-order valence-electron chi connectivity index (χ0n) is 14.3. The van der Waals surface area contributed by atoms with Crippen molar-refractivity contribution in [2.24, 2.45) is 10.8 Å². The SMILES string of the molecule is CC(C)(C)c1nc2cc(N)ccc2n1C1C(C)(C)C1(C)C. The number of imidazole rings is 1. The predicted octanol–water partition coefficient (Wildman–Crippen LogP) is 4.52. The first kappa shape index (κ1) is 14.4. The molecule has 0 radical (unpaired) electrons. The smallest absolute Gasteiger partial charge is 0.115 e. The summed E-state index contributed by atoms with van der Waals surface area (Å²) in [7, 11) is 0. The second kappa shape index (κ2) is 3.82. The number of fused-ring (bicyclic) bond motifs is 1. The molecule has 0 saturated heterocycles. The van der Waals surface area contributed by atoms with Gasteiger partial charge in [0.15, 0.2) is 0 Å². The van der Waals surface area contributed by atoms with Gasteiger partial charge in [0.25, 0.3) is 0 Å². The maximum atomic E-state index is 5.94. The highest BCUT2D eigenvalue weighted by atomic mass is 15.2. The van der Waals surface area contributed by atoms with Crippen molar-refractivity contribution in [3.8, 4) is 0 Å². The average molecular weight is 285 g/mol. The Balaban J connectivity index is 2.31. The highest BCUT2D eigenvalue weighted by molar-refractivity contribution is 5.80. The van der Waals surface area contributed by atoms with Gasteiger partial charge < -0.3 is 10.3 Å². The Bertz CT molecular complexity index is 700. The van der Waals surface area contributed by atoms with Gasteiger partial charge in [0.1, 0.15) is 5.82 Å². The third-order valence-electron chi connectivity index (χ3n) is 5.59. The van der Waals surface area contributed by atoms with E-state index in [1.54, 1.807) is 0 Å². The zero-order chi connectivity index (χ0) is 15.8. The van der Waals surface area contributed by atoms with Crippen molar-refractivity contribution in [1.82, 2.24) is 9.55 Å². The van der Waals surface area contributed by atoms with Gasteiger partial charge in [0.2, 0.25) is 0 Å². The summed E-state index contributed by atoms with van der Waals surface area (Å²) in [5, 5.41) is 0. The number of nitrogens with two attached hydrogens (primary N) is 1. The zero-order valence-corrected chi connectivity index (χ0v) is 14.3. The fourth-order valence-corrected chi connectivity index (χ4v) is 3.71. The molecule has 3 nitrogen and oxygen atoms in total. The van der Waals surface area contributed by atoms with Crippen molar-refractivity contribution in [2.45, 2.75) is 59.9 Å². The van der Waals surface area contributed by atoms with Crippen LogP contribution in [0.5, 0.6) is 0 Å². The number of rotatable bonds is 1. The van der Waals surface area contributed by atoms with Crippen LogP contribution in [0.1, 0.15) is 60.3 Å². The number of benzene rings is 1. The molecule has 1 aliphatic carbocycles. The molecular formula is C18H27N3. The molecule has 2 aromatic rings. The van der Waals surface area contributed by atoms with Crippen LogP contribution in [0, 0.1) is 10.8 Å². The summed E-state index contributed by atoms with van der Waals surface area (Å²) in [6.45, 7) is 16.1. The van der Waals surface area contributed by atoms with Gasteiger partial charge in [-0.2, -0.15) is 0 Å². The lowest BCUT2D eigenvalue weighted by molar-refractivity contribution is 0.457. The van der Waals surface area contributed by atoms with Gasteiger partial charge >= 0.3 is 0 Å². The largest absolute Gasteiger partial charge is 0.399 e. The second-order valence-corrected chi connectivity index (χ2v) is 8.65. The first-order chi connectivity index (χ1) is 9.48. The number of anilines is 1. The molecule has 2 N–H and O–H groups in total. The van der Waals surface area contributed by atoms with E-state index in [0.29, 0.717) is 6.04 Å². The molecule has 3 heteroatoms. The molecule has 0 unspecified atom stereocenters. The van der Waals surface area contributed by atoms with Gasteiger partial charge in [0.05, 0.1) is 11.0 Å². The van der Waals surface area contributed by atoms with E-state index in [1.807, 2.05) is 12.1 Å². The van der Waals surface area contributed by atoms with E-state index in [9.17, 15) is 0 Å². The van der Waals surface area contributed by atoms with E-state index < -0.39 is 0 Å². The standard InChI is InChI=1S/C18H27N3/c1-16(2,3)15-20-12-10-11(19)8-9-13(12)21(15)14-17(4,5)18(14,6)7/h8-10,14H,19H2,1-7H3. The van der Waals surface area contributed by atoms with Gasteiger partial charge in [-0.1, -0.05) is 48.5 Å². The molecular weight excluding hydrogens is 258 g/mol. The minimum atomic E-state index is 0.0164. The van der Waals surface area contributed by atoms with Gasteiger partial charge in [0, 0.05) is 17.1 Å². The fraction of sp³-hybridized carbons (Fsp3) is 0.611. The molecule has 21 heavy (non-hydrogen) atoms. The van der Waals surface area contributed by atoms with E-state index in [4.69, 9.17) is 10.7 Å². The Labute approximate surface area is 127 Å². The molecule has 1 heterocycles. The Morgan fingerprint density at radius 2 is 1.67 bits per heavy atom. The van der Waals surface area contributed by atoms with Crippen LogP contribution in [0.4, 0.5) is 5.69 Å². The minimum Gasteiger partial charge on any atom is -0.399 e. The van der Waals surface area contributed by atoms with Gasteiger partial charge in [-0.05, 0) is 29.0 Å². The molecule has 0 atom stereocenters. The molecule has 0 spiro atoms. The summed E-state index contributed by atoms with van der Waals surface area (Å²) >= 11 is 0. The Hall–Kier alpha value is -1.51. The van der Waals surface area contributed by atoms with E-state index in [-0.39, 0.29) is 16.2 Å². The summed E-state index contributed by atoms with van der Waals surface area (Å²) in [5.41, 5.74) is 9.52. The van der Waals surface area contributed by atoms with Crippen LogP contribution in [0.2, 0.25) is 0 Å². The highest BCUT2D eigenvalue weighted by Gasteiger charge is 2.66. The van der Waals surface area contributed by atoms with E-state index in [2.05, 4.69) is 59.1 Å². The molecule has 1 aliphatic rings. The highest BCUT2D eigenvalue weighted by Crippen LogP contribution is 2.72. The fourth-order valence-electron chi connectivity index (χ4n) is 3.71. The van der Waals surface area contributed by atoms with Crippen molar-refractivity contribution < 1.29 is 0 Å². The van der Waals surface area contributed by atoms with Crippen LogP contribution in [0.3, 0.4) is 0 Å². The van der Waals surface area contributed by atoms with Crippen LogP contribution in [0.25, 0.3) is 11.0 Å². The predicted molar refractivity (Wildman–Crippen MR) is 89.4 cm³/mol. The van der Waals surface area contributed by atoms with Crippen LogP contribution in [-0.2, 0) is 5.41 Å². The minimum absolute atomic E-state index is 0.0164. The summed E-state index contributed by atoms with van der Waals surface area (Å²) < 4.78 is 2.47. The summed E-state index contributed by atoms with van der Waals surface area (Å²) in [4.78, 5) is 4.92. The van der Waals surface area contributed by atoms with Crippen molar-refractivity contribution in [2.75, 3.05) is 5.73 Å². The number of nitrogens with zero attached hydrogens (tertiary/aromatic N) is 2. The van der Waals surface area contributed by atoms with E-state index in [0.717, 1.165) is 17.0 Å². The van der Waals surface area contributed by atoms with Gasteiger partial charge in [-0.3, -0.25) is 0 Å². The van der Waals surface area contributed by atoms with Gasteiger partial charge in [-0.15, -0.1) is 0 Å². The van der Waals surface area contributed by atoms with Crippen molar-refractivity contribution in [3.05, 3.63) is 24.0 Å². The number of hydrogen-bond acceptors (Lipinski definition) is 2. The number of aromatic nitrogens is 2. The van der Waals surface area contributed by atoms with Crippen molar-refractivity contribution in [1.29, 1.82) is 0 Å². The summed E-state index contributed by atoms with van der Waals surface area (Å²) in [6.07, 6.45) is 0. The first-order valence-electron chi connectivity index (χ1n) is 7.76. The Kier molecular flexibility index (Phi) is 2.62. The maximum Gasteiger partial charge on any atom is 0.115 e. The quantitative estimate of drug-likeness (QED) is 0.783. The lowest BCUT2D eigenvalue weighted by atomic mass is 9.95. The topological polar surface area (TPSA) is 43.8 Å². The summed E-state index contributed by atoms with van der Waals surface area (Å²) in [5.74, 6) is 1.16. The molecule has 1 fully saturated rings. The monoisotopic (exact) mass is 285 g/mol. The van der Waals surface area contributed by atoms with E-state index >= 15 is 0 Å². The Morgan fingerprint density at radius 1 is 1.10 bits per heavy atom. The molecule has 3 rings (SSSR count). The van der Waals surface area contributed by atoms with Crippen LogP contribution in [0.15, 0.2) is 18.2 Å². The average Bonchev–Trinajstić information content (AvgIpc) is 2.64. The van der Waals surface area contributed by atoms with Crippen LogP contribution >= 0.6 is 0 Å². The molecule has 1 saturated carbocycles. The van der Waals surface area contributed by atoms with Crippen molar-refractivity contribution in [3.63, 3.8) is 0 Å². The lowest BCUT2D eigenvalue weighted by Gasteiger charge is -2.21. The molecule has 1 aromatic carbocycles. The first-order valence-corrected chi connectivity index (χ1v) is 7.76. The third-order valence-corrected chi connectivity index (χ3v) is 5.59. The molecule has 114 valence electrons. The third kappa shape index (κ3) is 1.82. The summed E-state index contributed by atoms with van der Waals surface area (Å²) in [6, 6.07) is 6.57. The maximum absolute atomic E-state index is 5.94. The van der Waals surface area contributed by atoms with Gasteiger partial charge in [-0.25, -0.2) is 4.98 Å². The number of nitrogen functional groups attached to an aromatic ring is 1. The van der Waals surface area contributed by atoms with Crippen LogP contribution < -0.4 is 5.73 Å². The normalized spacial score (nSPS) is 20.9. The Morgan fingerprint density at radius 3 is 2.14 bits per heavy atom. The van der Waals surface area contributed by atoms with E-state index in [1.165, 1.54) is 5.52 Å². The number of hydrogen-bond donors (Lipinski definition) is 1. The van der Waals surface area contributed by atoms with Crippen molar-refractivity contribution >= 4 is 16.7 Å². The second-order valence-electron chi connectivity index (χ2n) is 8.65. The van der Waals surface area contributed by atoms with Crippen LogP contribution in [-0.4, -0.2) is 9.55 Å². The lowest BCUT2D eigenvalue weighted by Crippen LogP contribution is -2.20. The molecule has 1 aromatic heterocycles. The molecule has 0 amide bonds.